The number of likely N-dealkylation sites (tertiary alicyclic amines) is 1. The fourth-order valence-electron chi connectivity index (χ4n) is 2.78. The molecular weight excluding hydrogens is 349 g/mol. The summed E-state index contributed by atoms with van der Waals surface area (Å²) in [4.78, 5) is 13.8. The highest BCUT2D eigenvalue weighted by atomic mass is 19.4. The molecule has 1 amide bonds. The average molecular weight is 374 g/mol. The topological polar surface area (TPSA) is 64.8 Å². The van der Waals surface area contributed by atoms with Crippen LogP contribution in [0.15, 0.2) is 18.2 Å². The Hall–Kier alpha value is -2.12. The number of ether oxygens (including phenoxy) is 2. The lowest BCUT2D eigenvalue weighted by Crippen LogP contribution is -2.44. The maximum atomic E-state index is 12.9. The quantitative estimate of drug-likeness (QED) is 0.801. The van der Waals surface area contributed by atoms with Gasteiger partial charge in [0, 0.05) is 24.7 Å². The van der Waals surface area contributed by atoms with Crippen molar-refractivity contribution in [2.75, 3.05) is 25.4 Å². The van der Waals surface area contributed by atoms with Gasteiger partial charge >= 0.3 is 12.3 Å². The largest absolute Gasteiger partial charge is 0.493 e. The predicted molar refractivity (Wildman–Crippen MR) is 91.9 cm³/mol. The summed E-state index contributed by atoms with van der Waals surface area (Å²) in [5, 5.41) is 0. The SMILES string of the molecule is CC(C)(C)OC(=O)N1CCCC(COc2ccc(N)c(C(F)(F)F)c2)C1. The van der Waals surface area contributed by atoms with E-state index in [1.54, 1.807) is 25.7 Å². The summed E-state index contributed by atoms with van der Waals surface area (Å²) in [6.07, 6.45) is -3.28. The highest BCUT2D eigenvalue weighted by molar-refractivity contribution is 5.68. The molecule has 0 aromatic heterocycles. The fourth-order valence-corrected chi connectivity index (χ4v) is 2.78. The lowest BCUT2D eigenvalue weighted by Gasteiger charge is -2.34. The van der Waals surface area contributed by atoms with Gasteiger partial charge in [0.2, 0.25) is 0 Å². The second-order valence-electron chi connectivity index (χ2n) is 7.49. The number of hydrogen-bond acceptors (Lipinski definition) is 4. The minimum atomic E-state index is -4.53. The predicted octanol–water partition coefficient (Wildman–Crippen LogP) is 4.31. The van der Waals surface area contributed by atoms with Crippen molar-refractivity contribution >= 4 is 11.8 Å². The molecule has 1 fully saturated rings. The maximum absolute atomic E-state index is 12.9. The highest BCUT2D eigenvalue weighted by Gasteiger charge is 2.33. The number of nitrogen functional groups attached to an aromatic ring is 1. The van der Waals surface area contributed by atoms with Gasteiger partial charge in [-0.25, -0.2) is 4.79 Å². The lowest BCUT2D eigenvalue weighted by molar-refractivity contribution is -0.137. The normalized spacial score (nSPS) is 18.5. The van der Waals surface area contributed by atoms with Crippen LogP contribution in [0.1, 0.15) is 39.2 Å². The Morgan fingerprint density at radius 2 is 2.00 bits per heavy atom. The molecule has 1 aromatic rings. The van der Waals surface area contributed by atoms with Crippen LogP contribution in [0.5, 0.6) is 5.75 Å². The molecule has 1 aliphatic heterocycles. The number of carbonyl (C=O) groups is 1. The van der Waals surface area contributed by atoms with Crippen LogP contribution in [0.3, 0.4) is 0 Å². The van der Waals surface area contributed by atoms with Gasteiger partial charge in [-0.2, -0.15) is 13.2 Å². The average Bonchev–Trinajstić information content (AvgIpc) is 2.51. The van der Waals surface area contributed by atoms with Gasteiger partial charge in [-0.3, -0.25) is 0 Å². The molecule has 1 heterocycles. The molecule has 146 valence electrons. The van der Waals surface area contributed by atoms with E-state index in [2.05, 4.69) is 0 Å². The molecule has 0 saturated carbocycles. The minimum Gasteiger partial charge on any atom is -0.493 e. The number of nitrogens with two attached hydrogens (primary N) is 1. The standard InChI is InChI=1S/C18H25F3N2O3/c1-17(2,3)26-16(24)23-8-4-5-12(10-23)11-25-13-6-7-15(22)14(9-13)18(19,20)21/h6-7,9,12H,4-5,8,10-11,22H2,1-3H3. The Labute approximate surface area is 151 Å². The van der Waals surface area contributed by atoms with Crippen LogP contribution in [0, 0.1) is 5.92 Å². The van der Waals surface area contributed by atoms with Gasteiger partial charge in [0.25, 0.3) is 0 Å². The van der Waals surface area contributed by atoms with Crippen molar-refractivity contribution in [1.29, 1.82) is 0 Å². The molecule has 0 spiro atoms. The van der Waals surface area contributed by atoms with Gasteiger partial charge in [-0.05, 0) is 51.8 Å². The number of carbonyl (C=O) groups excluding carboxylic acids is 1. The zero-order valence-corrected chi connectivity index (χ0v) is 15.2. The molecule has 1 saturated heterocycles. The van der Waals surface area contributed by atoms with Crippen LogP contribution in [0.25, 0.3) is 0 Å². The third-order valence-electron chi connectivity index (χ3n) is 3.99. The van der Waals surface area contributed by atoms with Crippen molar-refractivity contribution in [3.05, 3.63) is 23.8 Å². The molecule has 26 heavy (non-hydrogen) atoms. The van der Waals surface area contributed by atoms with Crippen molar-refractivity contribution in [2.24, 2.45) is 5.92 Å². The summed E-state index contributed by atoms with van der Waals surface area (Å²) < 4.78 is 49.6. The summed E-state index contributed by atoms with van der Waals surface area (Å²) in [6.45, 7) is 6.68. The Balaban J connectivity index is 1.94. The van der Waals surface area contributed by atoms with Crippen molar-refractivity contribution < 1.29 is 27.4 Å². The van der Waals surface area contributed by atoms with Crippen LogP contribution in [0.2, 0.25) is 0 Å². The third-order valence-corrected chi connectivity index (χ3v) is 3.99. The van der Waals surface area contributed by atoms with Crippen molar-refractivity contribution in [3.63, 3.8) is 0 Å². The summed E-state index contributed by atoms with van der Waals surface area (Å²) in [6, 6.07) is 3.51. The number of halogens is 3. The zero-order chi connectivity index (χ0) is 19.5. The molecule has 1 aromatic carbocycles. The molecule has 0 bridgehead atoms. The van der Waals surface area contributed by atoms with Crippen LogP contribution in [0.4, 0.5) is 23.7 Å². The monoisotopic (exact) mass is 374 g/mol. The number of anilines is 1. The van der Waals surface area contributed by atoms with Gasteiger partial charge in [0.1, 0.15) is 11.4 Å². The molecule has 1 aliphatic rings. The van der Waals surface area contributed by atoms with E-state index in [-0.39, 0.29) is 30.1 Å². The maximum Gasteiger partial charge on any atom is 0.418 e. The van der Waals surface area contributed by atoms with Gasteiger partial charge in [0.05, 0.1) is 12.2 Å². The third kappa shape index (κ3) is 5.71. The molecule has 5 nitrogen and oxygen atoms in total. The lowest BCUT2D eigenvalue weighted by atomic mass is 9.99. The molecule has 1 atom stereocenters. The van der Waals surface area contributed by atoms with E-state index >= 15 is 0 Å². The Bertz CT molecular complexity index is 642. The Morgan fingerprint density at radius 1 is 1.31 bits per heavy atom. The molecule has 0 radical (unpaired) electrons. The molecule has 0 aliphatic carbocycles. The van der Waals surface area contributed by atoms with E-state index in [1.807, 2.05) is 0 Å². The summed E-state index contributed by atoms with van der Waals surface area (Å²) >= 11 is 0. The van der Waals surface area contributed by atoms with Crippen molar-refractivity contribution in [1.82, 2.24) is 4.90 Å². The first kappa shape index (κ1) is 20.2. The van der Waals surface area contributed by atoms with E-state index < -0.39 is 17.3 Å². The van der Waals surface area contributed by atoms with Crippen molar-refractivity contribution in [2.45, 2.75) is 45.4 Å². The Kier molecular flexibility index (Phi) is 5.93. The van der Waals surface area contributed by atoms with E-state index in [1.165, 1.54) is 12.1 Å². The van der Waals surface area contributed by atoms with Crippen LogP contribution >= 0.6 is 0 Å². The highest BCUT2D eigenvalue weighted by Crippen LogP contribution is 2.35. The molecule has 2 N–H and O–H groups in total. The number of piperidine rings is 1. The van der Waals surface area contributed by atoms with Gasteiger partial charge in [0.15, 0.2) is 0 Å². The van der Waals surface area contributed by atoms with E-state index in [0.29, 0.717) is 13.1 Å². The minimum absolute atomic E-state index is 0.0307. The number of amides is 1. The summed E-state index contributed by atoms with van der Waals surface area (Å²) in [5.74, 6) is 0.143. The molecule has 2 rings (SSSR count). The van der Waals surface area contributed by atoms with E-state index in [0.717, 1.165) is 18.9 Å². The number of benzene rings is 1. The van der Waals surface area contributed by atoms with Crippen LogP contribution < -0.4 is 10.5 Å². The second kappa shape index (κ2) is 7.63. The van der Waals surface area contributed by atoms with Gasteiger partial charge in [-0.1, -0.05) is 0 Å². The smallest absolute Gasteiger partial charge is 0.418 e. The van der Waals surface area contributed by atoms with E-state index in [9.17, 15) is 18.0 Å². The molecule has 1 unspecified atom stereocenters. The van der Waals surface area contributed by atoms with Crippen molar-refractivity contribution in [3.8, 4) is 5.75 Å². The van der Waals surface area contributed by atoms with Crippen LogP contribution in [-0.2, 0) is 10.9 Å². The summed E-state index contributed by atoms with van der Waals surface area (Å²) in [5.41, 5.74) is 3.57. The Morgan fingerprint density at radius 3 is 2.62 bits per heavy atom. The van der Waals surface area contributed by atoms with E-state index in [4.69, 9.17) is 15.2 Å². The van der Waals surface area contributed by atoms with Gasteiger partial charge < -0.3 is 20.1 Å². The molecular formula is C18H25F3N2O3. The van der Waals surface area contributed by atoms with Gasteiger partial charge in [-0.15, -0.1) is 0 Å². The zero-order valence-electron chi connectivity index (χ0n) is 15.2. The molecule has 8 heteroatoms. The number of hydrogen-bond donors (Lipinski definition) is 1. The fraction of sp³-hybridized carbons (Fsp3) is 0.611. The summed E-state index contributed by atoms with van der Waals surface area (Å²) in [7, 11) is 0. The first-order valence-electron chi connectivity index (χ1n) is 8.53. The number of alkyl halides is 3. The first-order chi connectivity index (χ1) is 12.0. The number of rotatable bonds is 3. The second-order valence-corrected chi connectivity index (χ2v) is 7.49. The van der Waals surface area contributed by atoms with Crippen LogP contribution in [-0.4, -0.2) is 36.3 Å². The number of nitrogens with zero attached hydrogens (tertiary/aromatic N) is 1. The first-order valence-corrected chi connectivity index (χ1v) is 8.53.